The second-order valence-corrected chi connectivity index (χ2v) is 8.23. The lowest BCUT2D eigenvalue weighted by Crippen LogP contribution is -2.43. The first-order valence-corrected chi connectivity index (χ1v) is 11.9. The summed E-state index contributed by atoms with van der Waals surface area (Å²) < 4.78 is 5.21. The van der Waals surface area contributed by atoms with E-state index < -0.39 is 12.1 Å². The molecule has 200 valence electrons. The molecule has 0 aliphatic carbocycles. The van der Waals surface area contributed by atoms with Gasteiger partial charge in [-0.05, 0) is 21.4 Å². The maximum atomic E-state index is 11.6. The third-order valence-corrected chi connectivity index (χ3v) is 5.48. The molecule has 1 aromatic heterocycles. The smallest absolute Gasteiger partial charge is 0.272 e. The van der Waals surface area contributed by atoms with E-state index in [1.807, 2.05) is 24.3 Å². The van der Waals surface area contributed by atoms with Gasteiger partial charge in [-0.3, -0.25) is 24.7 Å². The van der Waals surface area contributed by atoms with E-state index >= 15 is 0 Å². The van der Waals surface area contributed by atoms with E-state index in [-0.39, 0.29) is 30.9 Å². The van der Waals surface area contributed by atoms with Gasteiger partial charge in [-0.15, -0.1) is 0 Å². The van der Waals surface area contributed by atoms with Gasteiger partial charge < -0.3 is 29.9 Å². The Labute approximate surface area is 218 Å². The van der Waals surface area contributed by atoms with E-state index in [1.165, 1.54) is 12.4 Å². The molecule has 38 heavy (non-hydrogen) atoms. The van der Waals surface area contributed by atoms with E-state index in [9.17, 15) is 15.0 Å². The molecule has 4 heterocycles. The topological polar surface area (TPSA) is 176 Å². The molecule has 14 heteroatoms. The Morgan fingerprint density at radius 3 is 2.03 bits per heavy atom. The molecule has 14 nitrogen and oxygen atoms in total. The van der Waals surface area contributed by atoms with Crippen LogP contribution in [0.15, 0.2) is 63.2 Å². The molecule has 1 fully saturated rings. The molecule has 2 unspecified atom stereocenters. The Morgan fingerprint density at radius 1 is 0.974 bits per heavy atom. The van der Waals surface area contributed by atoms with Gasteiger partial charge in [0.2, 0.25) is 0 Å². The Bertz CT molecular complexity index is 1110. The molecule has 3 aliphatic heterocycles. The number of aliphatic imine (C=N–C) groups is 2. The lowest BCUT2D eigenvalue weighted by Gasteiger charge is -2.26. The van der Waals surface area contributed by atoms with Crippen LogP contribution in [0.2, 0.25) is 0 Å². The van der Waals surface area contributed by atoms with Crippen molar-refractivity contribution in [3.8, 4) is 0 Å². The van der Waals surface area contributed by atoms with Crippen LogP contribution in [0.3, 0.4) is 0 Å². The maximum Gasteiger partial charge on any atom is 0.272 e. The number of aliphatic hydroxyl groups is 2. The zero-order chi connectivity index (χ0) is 26.6. The van der Waals surface area contributed by atoms with Crippen LogP contribution < -0.4 is 5.32 Å². The van der Waals surface area contributed by atoms with Crippen LogP contribution in [0.25, 0.3) is 0 Å². The van der Waals surface area contributed by atoms with Crippen LogP contribution in [0.5, 0.6) is 0 Å². The van der Waals surface area contributed by atoms with Crippen molar-refractivity contribution in [2.75, 3.05) is 46.2 Å². The highest BCUT2D eigenvalue weighted by Crippen LogP contribution is 2.07. The quantitative estimate of drug-likeness (QED) is 0.437. The number of aliphatic hydroxyl groups excluding tert-OH is 2. The summed E-state index contributed by atoms with van der Waals surface area (Å²) in [7, 11) is 0. The fraction of sp³-hybridized carbons (Fsp3) is 0.375. The molecule has 0 saturated carbocycles. The molecule has 1 amide bonds. The van der Waals surface area contributed by atoms with Crippen LogP contribution in [0.1, 0.15) is 21.6 Å². The number of nitrogens with one attached hydrogen (secondary N) is 1. The van der Waals surface area contributed by atoms with E-state index in [0.29, 0.717) is 12.4 Å². The largest absolute Gasteiger partial charge is 0.493 e. The van der Waals surface area contributed by atoms with E-state index in [2.05, 4.69) is 40.5 Å². The van der Waals surface area contributed by atoms with Gasteiger partial charge in [0, 0.05) is 37.9 Å². The maximum absolute atomic E-state index is 11.6. The van der Waals surface area contributed by atoms with Crippen LogP contribution in [-0.2, 0) is 14.4 Å². The standard InChI is InChI=1S/C14H14N4O4.C10H14N4O2/c19-13-11(7-21-17-13)15-5-9-1-2-10(4-3-9)6-16-12-8-22-18-14(12)20;15-10(9-7-11-1-2-12-9)13-8-14-3-5-16-6-4-14/h1-6,11-12H,7-8H2,(H,17,19)(H,18,20);1-2,7H,3-6,8H2,(H,13,15)/b15-5+,16-6+;. The Kier molecular flexibility index (Phi) is 9.64. The van der Waals surface area contributed by atoms with Crippen molar-refractivity contribution in [2.45, 2.75) is 12.1 Å². The molecule has 0 radical (unpaired) electrons. The third kappa shape index (κ3) is 8.04. The Hall–Kier alpha value is -4.43. The molecule has 0 bridgehead atoms. The second kappa shape index (κ2) is 13.8. The predicted octanol–water partition coefficient (Wildman–Crippen LogP) is 0.561. The summed E-state index contributed by atoms with van der Waals surface area (Å²) in [6, 6.07) is 6.60. The summed E-state index contributed by atoms with van der Waals surface area (Å²) in [5.74, 6) is -0.417. The number of morpholine rings is 1. The van der Waals surface area contributed by atoms with Crippen molar-refractivity contribution in [3.05, 3.63) is 59.7 Å². The van der Waals surface area contributed by atoms with Gasteiger partial charge in [0.15, 0.2) is 12.1 Å². The number of nitrogens with zero attached hydrogens (tertiary/aromatic N) is 7. The van der Waals surface area contributed by atoms with Crippen molar-refractivity contribution < 1.29 is 29.4 Å². The summed E-state index contributed by atoms with van der Waals surface area (Å²) in [6.45, 7) is 4.17. The molecule has 1 aromatic carbocycles. The number of aromatic nitrogens is 2. The van der Waals surface area contributed by atoms with Crippen LogP contribution in [0, 0.1) is 0 Å². The lowest BCUT2D eigenvalue weighted by atomic mass is 10.1. The number of oxime groups is 2. The molecular formula is C24H28N8O6. The second-order valence-electron chi connectivity index (χ2n) is 8.23. The minimum Gasteiger partial charge on any atom is -0.493 e. The molecule has 2 atom stereocenters. The van der Waals surface area contributed by atoms with Crippen molar-refractivity contribution in [3.63, 3.8) is 0 Å². The summed E-state index contributed by atoms with van der Waals surface area (Å²) >= 11 is 0. The van der Waals surface area contributed by atoms with Crippen molar-refractivity contribution in [1.29, 1.82) is 0 Å². The van der Waals surface area contributed by atoms with Crippen LogP contribution >= 0.6 is 0 Å². The van der Waals surface area contributed by atoms with Gasteiger partial charge in [-0.25, -0.2) is 4.98 Å². The zero-order valence-electron chi connectivity index (χ0n) is 20.5. The monoisotopic (exact) mass is 524 g/mol. The van der Waals surface area contributed by atoms with E-state index in [0.717, 1.165) is 37.4 Å². The van der Waals surface area contributed by atoms with Crippen molar-refractivity contribution in [2.24, 2.45) is 20.3 Å². The zero-order valence-corrected chi connectivity index (χ0v) is 20.5. The number of rotatable bonds is 7. The van der Waals surface area contributed by atoms with Gasteiger partial charge in [-0.1, -0.05) is 24.3 Å². The van der Waals surface area contributed by atoms with Gasteiger partial charge in [0.25, 0.3) is 17.7 Å². The predicted molar refractivity (Wildman–Crippen MR) is 138 cm³/mol. The number of hydrogen-bond acceptors (Lipinski definition) is 11. The Morgan fingerprint density at radius 2 is 1.55 bits per heavy atom. The van der Waals surface area contributed by atoms with Gasteiger partial charge in [0.1, 0.15) is 18.9 Å². The van der Waals surface area contributed by atoms with Gasteiger partial charge >= 0.3 is 0 Å². The highest BCUT2D eigenvalue weighted by Gasteiger charge is 2.21. The fourth-order valence-electron chi connectivity index (χ4n) is 3.31. The molecule has 1 saturated heterocycles. The SMILES string of the molecule is O=C(NCN1CCOCC1)c1cnccn1.OC1=NOCC1/N=C/c1ccc(/C=N/C2CON=C2O)cc1. The van der Waals surface area contributed by atoms with Crippen molar-refractivity contribution >= 4 is 30.1 Å². The van der Waals surface area contributed by atoms with E-state index in [4.69, 9.17) is 14.4 Å². The van der Waals surface area contributed by atoms with Crippen molar-refractivity contribution in [1.82, 2.24) is 20.2 Å². The van der Waals surface area contributed by atoms with Gasteiger partial charge in [0.05, 0.1) is 26.1 Å². The highest BCUT2D eigenvalue weighted by atomic mass is 16.6. The average molecular weight is 525 g/mol. The number of carbonyl (C=O) groups is 1. The minimum atomic E-state index is -0.439. The average Bonchev–Trinajstić information content (AvgIpc) is 3.58. The van der Waals surface area contributed by atoms with Crippen LogP contribution in [-0.4, -0.2) is 113 Å². The first-order chi connectivity index (χ1) is 18.6. The number of ether oxygens (including phenoxy) is 1. The first-order valence-electron chi connectivity index (χ1n) is 11.9. The summed E-state index contributed by atoms with van der Waals surface area (Å²) in [5.41, 5.74) is 2.10. The molecular weight excluding hydrogens is 496 g/mol. The van der Waals surface area contributed by atoms with Crippen LogP contribution in [0.4, 0.5) is 0 Å². The normalized spacial score (nSPS) is 21.3. The molecule has 3 N–H and O–H groups in total. The third-order valence-electron chi connectivity index (χ3n) is 5.48. The number of hydrogen-bond donors (Lipinski definition) is 3. The summed E-state index contributed by atoms with van der Waals surface area (Å²) in [4.78, 5) is 39.4. The number of benzene rings is 1. The lowest BCUT2D eigenvalue weighted by molar-refractivity contribution is 0.0334. The fourth-order valence-corrected chi connectivity index (χ4v) is 3.31. The minimum absolute atomic E-state index is 0.111. The number of amides is 1. The molecule has 3 aliphatic rings. The summed E-state index contributed by atoms with van der Waals surface area (Å²) in [6.07, 6.45) is 7.79. The first kappa shape index (κ1) is 26.6. The molecule has 0 spiro atoms. The summed E-state index contributed by atoms with van der Waals surface area (Å²) in [5, 5.41) is 28.3. The van der Waals surface area contributed by atoms with E-state index in [1.54, 1.807) is 18.6 Å². The highest BCUT2D eigenvalue weighted by molar-refractivity contribution is 5.91. The molecule has 2 aromatic rings. The van der Waals surface area contributed by atoms with Gasteiger partial charge in [-0.2, -0.15) is 0 Å². The number of carbonyl (C=O) groups excluding carboxylic acids is 1. The Balaban J connectivity index is 0.000000186. The molecule has 5 rings (SSSR count).